The highest BCUT2D eigenvalue weighted by atomic mass is 16.5. The average Bonchev–Trinajstić information content (AvgIpc) is 2.57. The molecule has 0 spiro atoms. The number of methoxy groups -OCH3 is 1. The van der Waals surface area contributed by atoms with Crippen molar-refractivity contribution in [3.8, 4) is 0 Å². The Kier molecular flexibility index (Phi) is 8.18. The second-order valence-corrected chi connectivity index (χ2v) is 5.81. The van der Waals surface area contributed by atoms with Crippen molar-refractivity contribution in [1.29, 1.82) is 0 Å². The summed E-state index contributed by atoms with van der Waals surface area (Å²) in [6.07, 6.45) is -0.364. The molecule has 0 unspecified atom stereocenters. The van der Waals surface area contributed by atoms with E-state index in [0.717, 1.165) is 5.56 Å². The molecule has 0 heterocycles. The molecule has 0 radical (unpaired) electrons. The first-order valence-corrected chi connectivity index (χ1v) is 7.90. The Morgan fingerprint density at radius 1 is 1.08 bits per heavy atom. The van der Waals surface area contributed by atoms with Gasteiger partial charge in [0, 0.05) is 6.92 Å². The Morgan fingerprint density at radius 3 is 2.24 bits per heavy atom. The van der Waals surface area contributed by atoms with Crippen molar-refractivity contribution >= 4 is 18.0 Å². The third kappa shape index (κ3) is 7.52. The topological polar surface area (TPSA) is 93.7 Å². The van der Waals surface area contributed by atoms with E-state index in [4.69, 9.17) is 4.74 Å². The predicted molar refractivity (Wildman–Crippen MR) is 92.1 cm³/mol. The average molecular weight is 348 g/mol. The van der Waals surface area contributed by atoms with Crippen LogP contribution in [0.15, 0.2) is 41.7 Å². The monoisotopic (exact) mass is 348 g/mol. The molecule has 7 heteroatoms. The SMILES string of the molecule is COC(=O)/C(NC(C)=O)=C(/CC(C)C)NC(=O)OCc1ccccc1. The van der Waals surface area contributed by atoms with Crippen LogP contribution in [0.25, 0.3) is 0 Å². The van der Waals surface area contributed by atoms with Crippen LogP contribution in [0.4, 0.5) is 4.79 Å². The Balaban J connectivity index is 2.91. The van der Waals surface area contributed by atoms with Gasteiger partial charge in [0.05, 0.1) is 12.8 Å². The number of amides is 2. The molecule has 0 bridgehead atoms. The van der Waals surface area contributed by atoms with Gasteiger partial charge in [-0.05, 0) is 17.9 Å². The van der Waals surface area contributed by atoms with Crippen LogP contribution in [-0.4, -0.2) is 25.1 Å². The smallest absolute Gasteiger partial charge is 0.411 e. The largest absolute Gasteiger partial charge is 0.464 e. The zero-order valence-corrected chi connectivity index (χ0v) is 14.9. The van der Waals surface area contributed by atoms with E-state index in [1.165, 1.54) is 14.0 Å². The van der Waals surface area contributed by atoms with Gasteiger partial charge in [-0.2, -0.15) is 0 Å². The number of rotatable bonds is 7. The molecule has 0 aliphatic carbocycles. The number of hydrogen-bond donors (Lipinski definition) is 2. The number of carbonyl (C=O) groups excluding carboxylic acids is 3. The van der Waals surface area contributed by atoms with Gasteiger partial charge in [-0.3, -0.25) is 10.1 Å². The van der Waals surface area contributed by atoms with Gasteiger partial charge in [-0.25, -0.2) is 9.59 Å². The van der Waals surface area contributed by atoms with Crippen LogP contribution in [0, 0.1) is 5.92 Å². The number of allylic oxidation sites excluding steroid dienone is 1. The summed E-state index contributed by atoms with van der Waals surface area (Å²) in [5.74, 6) is -1.06. The van der Waals surface area contributed by atoms with Crippen LogP contribution in [-0.2, 0) is 25.7 Å². The van der Waals surface area contributed by atoms with Crippen LogP contribution < -0.4 is 10.6 Å². The summed E-state index contributed by atoms with van der Waals surface area (Å²) in [5, 5.41) is 4.95. The molecule has 7 nitrogen and oxygen atoms in total. The summed E-state index contributed by atoms with van der Waals surface area (Å²) < 4.78 is 9.84. The van der Waals surface area contributed by atoms with Crippen LogP contribution in [0.5, 0.6) is 0 Å². The summed E-state index contributed by atoms with van der Waals surface area (Å²) in [5.41, 5.74) is 0.984. The fourth-order valence-corrected chi connectivity index (χ4v) is 2.03. The Morgan fingerprint density at radius 2 is 1.72 bits per heavy atom. The molecule has 1 aromatic carbocycles. The van der Waals surface area contributed by atoms with Crippen molar-refractivity contribution in [3.63, 3.8) is 0 Å². The molecular weight excluding hydrogens is 324 g/mol. The van der Waals surface area contributed by atoms with Crippen LogP contribution in [0.2, 0.25) is 0 Å². The predicted octanol–water partition coefficient (Wildman–Crippen LogP) is 2.48. The Bertz CT molecular complexity index is 638. The highest BCUT2D eigenvalue weighted by molar-refractivity contribution is 5.94. The first kappa shape index (κ1) is 20.2. The van der Waals surface area contributed by atoms with Gasteiger partial charge < -0.3 is 14.8 Å². The van der Waals surface area contributed by atoms with Gasteiger partial charge in [0.2, 0.25) is 5.91 Å². The first-order valence-electron chi connectivity index (χ1n) is 7.90. The Labute approximate surface area is 147 Å². The molecule has 2 amide bonds. The third-order valence-corrected chi connectivity index (χ3v) is 3.07. The van der Waals surface area contributed by atoms with Gasteiger partial charge in [0.25, 0.3) is 0 Å². The van der Waals surface area contributed by atoms with Crippen molar-refractivity contribution in [2.45, 2.75) is 33.8 Å². The summed E-state index contributed by atoms with van der Waals surface area (Å²) in [7, 11) is 1.20. The molecule has 0 saturated carbocycles. The number of esters is 1. The van der Waals surface area contributed by atoms with Crippen molar-refractivity contribution in [2.75, 3.05) is 7.11 Å². The lowest BCUT2D eigenvalue weighted by molar-refractivity contribution is -0.137. The van der Waals surface area contributed by atoms with E-state index >= 15 is 0 Å². The van der Waals surface area contributed by atoms with E-state index in [9.17, 15) is 14.4 Å². The van der Waals surface area contributed by atoms with E-state index in [2.05, 4.69) is 15.4 Å². The molecule has 1 rings (SSSR count). The molecular formula is C18H24N2O5. The fraction of sp³-hybridized carbons (Fsp3) is 0.389. The van der Waals surface area contributed by atoms with Gasteiger partial charge >= 0.3 is 12.1 Å². The number of carbonyl (C=O) groups is 3. The minimum atomic E-state index is -0.741. The maximum atomic E-state index is 12.1. The molecule has 0 aromatic heterocycles. The second kappa shape index (κ2) is 10.1. The minimum Gasteiger partial charge on any atom is -0.464 e. The van der Waals surface area contributed by atoms with E-state index in [-0.39, 0.29) is 23.9 Å². The second-order valence-electron chi connectivity index (χ2n) is 5.81. The van der Waals surface area contributed by atoms with Crippen molar-refractivity contribution in [2.24, 2.45) is 5.92 Å². The maximum Gasteiger partial charge on any atom is 0.411 e. The minimum absolute atomic E-state index is 0.0926. The molecule has 0 saturated heterocycles. The summed E-state index contributed by atoms with van der Waals surface area (Å²) in [6.45, 7) is 5.19. The number of hydrogen-bond acceptors (Lipinski definition) is 5. The third-order valence-electron chi connectivity index (χ3n) is 3.07. The Hall–Kier alpha value is -2.83. The lowest BCUT2D eigenvalue weighted by Crippen LogP contribution is -2.34. The van der Waals surface area contributed by atoms with Gasteiger partial charge in [0.15, 0.2) is 0 Å². The van der Waals surface area contributed by atoms with E-state index in [1.807, 2.05) is 44.2 Å². The molecule has 0 fully saturated rings. The fourth-order valence-electron chi connectivity index (χ4n) is 2.03. The van der Waals surface area contributed by atoms with Gasteiger partial charge in [-0.1, -0.05) is 44.2 Å². The van der Waals surface area contributed by atoms with E-state index in [1.54, 1.807) is 0 Å². The van der Waals surface area contributed by atoms with E-state index < -0.39 is 18.0 Å². The standard InChI is InChI=1S/C18H24N2O5/c1-12(2)10-15(16(17(22)24-4)19-13(3)21)20-18(23)25-11-14-8-6-5-7-9-14/h5-9,12H,10-11H2,1-4H3,(H,19,21)(H,20,23)/b16-15+. The summed E-state index contributed by atoms with van der Waals surface area (Å²) >= 11 is 0. The number of ether oxygens (including phenoxy) is 2. The van der Waals surface area contributed by atoms with Gasteiger partial charge in [0.1, 0.15) is 12.3 Å². The van der Waals surface area contributed by atoms with Crippen LogP contribution in [0.1, 0.15) is 32.8 Å². The number of alkyl carbamates (subject to hydrolysis) is 1. The normalized spacial score (nSPS) is 11.4. The first-order chi connectivity index (χ1) is 11.8. The maximum absolute atomic E-state index is 12.1. The van der Waals surface area contributed by atoms with Gasteiger partial charge in [-0.15, -0.1) is 0 Å². The lowest BCUT2D eigenvalue weighted by Gasteiger charge is -2.17. The number of benzene rings is 1. The van der Waals surface area contributed by atoms with Crippen molar-refractivity contribution < 1.29 is 23.9 Å². The summed E-state index contributed by atoms with van der Waals surface area (Å²) in [4.78, 5) is 35.4. The highest BCUT2D eigenvalue weighted by Crippen LogP contribution is 2.13. The molecule has 0 atom stereocenters. The molecule has 1 aromatic rings. The lowest BCUT2D eigenvalue weighted by atomic mass is 10.1. The molecule has 2 N–H and O–H groups in total. The molecule has 0 aliphatic rings. The highest BCUT2D eigenvalue weighted by Gasteiger charge is 2.20. The summed E-state index contributed by atoms with van der Waals surface area (Å²) in [6, 6.07) is 9.20. The quantitative estimate of drug-likeness (QED) is 0.583. The zero-order valence-electron chi connectivity index (χ0n) is 14.9. The molecule has 136 valence electrons. The van der Waals surface area contributed by atoms with Crippen LogP contribution >= 0.6 is 0 Å². The molecule has 0 aliphatic heterocycles. The number of nitrogens with one attached hydrogen (secondary N) is 2. The molecule has 25 heavy (non-hydrogen) atoms. The van der Waals surface area contributed by atoms with E-state index in [0.29, 0.717) is 6.42 Å². The van der Waals surface area contributed by atoms with Crippen LogP contribution in [0.3, 0.4) is 0 Å². The van der Waals surface area contributed by atoms with Crippen molar-refractivity contribution in [3.05, 3.63) is 47.3 Å². The van der Waals surface area contributed by atoms with Crippen molar-refractivity contribution in [1.82, 2.24) is 10.6 Å². The zero-order chi connectivity index (χ0) is 18.8.